The number of carboxylic acid groups (broad SMARTS) is 1. The summed E-state index contributed by atoms with van der Waals surface area (Å²) in [4.78, 5) is 10.3. The van der Waals surface area contributed by atoms with Crippen LogP contribution in [0.15, 0.2) is 0 Å². The molecule has 0 fully saturated rings. The number of carbonyl (C=O) groups is 1. The Kier molecular flexibility index (Phi) is 11.8. The summed E-state index contributed by atoms with van der Waals surface area (Å²) in [6, 6.07) is 0. The van der Waals surface area contributed by atoms with Crippen molar-refractivity contribution in [3.05, 3.63) is 0 Å². The van der Waals surface area contributed by atoms with E-state index in [4.69, 9.17) is 14.6 Å². The largest absolute Gasteiger partial charge is 0.506 e. The molecule has 0 bridgehead atoms. The molecule has 0 heterocycles. The molecule has 0 aromatic heterocycles. The fourth-order valence-electron chi connectivity index (χ4n) is 1.09. The molecular weight excluding hydrogens is 212 g/mol. The molecule has 98 valence electrons. The van der Waals surface area contributed by atoms with Crippen molar-refractivity contribution in [3.8, 4) is 0 Å². The fraction of sp³-hybridized carbons (Fsp3) is 0.909. The Balaban J connectivity index is 0. The SMILES string of the molecule is CC.CCOC(OC)C(C)C(C)OC(=O)O. The van der Waals surface area contributed by atoms with Crippen LogP contribution in [-0.2, 0) is 14.2 Å². The minimum absolute atomic E-state index is 0.143. The van der Waals surface area contributed by atoms with Crippen molar-refractivity contribution in [3.63, 3.8) is 0 Å². The third kappa shape index (κ3) is 7.48. The van der Waals surface area contributed by atoms with E-state index in [-0.39, 0.29) is 5.92 Å². The van der Waals surface area contributed by atoms with Crippen LogP contribution in [0.2, 0.25) is 0 Å². The molecule has 0 spiro atoms. The Hall–Kier alpha value is -0.810. The molecule has 0 aliphatic heterocycles. The summed E-state index contributed by atoms with van der Waals surface area (Å²) in [6.07, 6.45) is -2.17. The Morgan fingerprint density at radius 3 is 2.12 bits per heavy atom. The Bertz CT molecular complexity index is 172. The molecule has 0 aromatic rings. The number of hydrogen-bond acceptors (Lipinski definition) is 4. The first kappa shape index (κ1) is 17.6. The molecule has 3 atom stereocenters. The van der Waals surface area contributed by atoms with Crippen molar-refractivity contribution in [2.24, 2.45) is 5.92 Å². The molecule has 0 saturated carbocycles. The summed E-state index contributed by atoms with van der Waals surface area (Å²) in [5.41, 5.74) is 0. The monoisotopic (exact) mass is 236 g/mol. The van der Waals surface area contributed by atoms with Crippen LogP contribution in [0, 0.1) is 5.92 Å². The second-order valence-electron chi connectivity index (χ2n) is 3.01. The Morgan fingerprint density at radius 2 is 1.81 bits per heavy atom. The normalized spacial score (nSPS) is 15.4. The summed E-state index contributed by atoms with van der Waals surface area (Å²) in [7, 11) is 1.52. The highest BCUT2D eigenvalue weighted by Crippen LogP contribution is 2.15. The van der Waals surface area contributed by atoms with Crippen LogP contribution in [-0.4, -0.2) is 37.4 Å². The van der Waals surface area contributed by atoms with E-state index >= 15 is 0 Å². The molecule has 0 amide bonds. The maximum Gasteiger partial charge on any atom is 0.506 e. The summed E-state index contributed by atoms with van der Waals surface area (Å²) < 4.78 is 14.9. The van der Waals surface area contributed by atoms with Gasteiger partial charge < -0.3 is 19.3 Å². The highest BCUT2D eigenvalue weighted by Gasteiger charge is 2.25. The van der Waals surface area contributed by atoms with E-state index in [2.05, 4.69) is 4.74 Å². The molecule has 0 aliphatic carbocycles. The first-order valence-electron chi connectivity index (χ1n) is 5.56. The molecule has 0 rings (SSSR count). The average Bonchev–Trinajstić information content (AvgIpc) is 2.26. The van der Waals surface area contributed by atoms with Crippen molar-refractivity contribution in [2.75, 3.05) is 13.7 Å². The second kappa shape index (κ2) is 10.7. The van der Waals surface area contributed by atoms with Gasteiger partial charge in [0.2, 0.25) is 0 Å². The topological polar surface area (TPSA) is 65.0 Å². The third-order valence-electron chi connectivity index (χ3n) is 2.02. The van der Waals surface area contributed by atoms with Gasteiger partial charge in [0.15, 0.2) is 6.29 Å². The predicted molar refractivity (Wildman–Crippen MR) is 61.5 cm³/mol. The van der Waals surface area contributed by atoms with Gasteiger partial charge in [-0.2, -0.15) is 0 Å². The van der Waals surface area contributed by atoms with Crippen LogP contribution in [0.25, 0.3) is 0 Å². The van der Waals surface area contributed by atoms with Crippen molar-refractivity contribution in [2.45, 2.75) is 47.0 Å². The van der Waals surface area contributed by atoms with Gasteiger partial charge in [-0.1, -0.05) is 20.8 Å². The summed E-state index contributed by atoms with van der Waals surface area (Å²) in [5, 5.41) is 8.41. The van der Waals surface area contributed by atoms with E-state index < -0.39 is 18.5 Å². The van der Waals surface area contributed by atoms with Crippen molar-refractivity contribution < 1.29 is 24.1 Å². The first-order chi connectivity index (χ1) is 7.52. The van der Waals surface area contributed by atoms with Gasteiger partial charge in [0.1, 0.15) is 6.10 Å². The van der Waals surface area contributed by atoms with Crippen molar-refractivity contribution >= 4 is 6.16 Å². The minimum Gasteiger partial charge on any atom is -0.450 e. The standard InChI is InChI=1S/C9H18O5.C2H6/c1-5-13-8(12-4)6(2)7(3)14-9(10)11;1-2/h6-8H,5H2,1-4H3,(H,10,11);1-2H3. The lowest BCUT2D eigenvalue weighted by atomic mass is 10.1. The number of rotatable bonds is 6. The van der Waals surface area contributed by atoms with Crippen LogP contribution in [0.4, 0.5) is 4.79 Å². The van der Waals surface area contributed by atoms with Gasteiger partial charge in [-0.15, -0.1) is 0 Å². The second-order valence-corrected chi connectivity index (χ2v) is 3.01. The van der Waals surface area contributed by atoms with Crippen LogP contribution in [0.5, 0.6) is 0 Å². The molecule has 1 N–H and O–H groups in total. The van der Waals surface area contributed by atoms with E-state index in [0.717, 1.165) is 0 Å². The number of ether oxygens (including phenoxy) is 3. The van der Waals surface area contributed by atoms with Gasteiger partial charge in [-0.3, -0.25) is 0 Å². The molecule has 0 aromatic carbocycles. The maximum atomic E-state index is 10.3. The van der Waals surface area contributed by atoms with Crippen LogP contribution >= 0.6 is 0 Å². The Labute approximate surface area is 97.7 Å². The molecule has 5 nitrogen and oxygen atoms in total. The lowest BCUT2D eigenvalue weighted by Gasteiger charge is -2.26. The molecular formula is C11H24O5. The molecule has 0 aliphatic rings. The van der Waals surface area contributed by atoms with E-state index in [1.54, 1.807) is 6.92 Å². The highest BCUT2D eigenvalue weighted by molar-refractivity contribution is 5.57. The van der Waals surface area contributed by atoms with Gasteiger partial charge in [0.05, 0.1) is 0 Å². The van der Waals surface area contributed by atoms with E-state index in [0.29, 0.717) is 6.61 Å². The average molecular weight is 236 g/mol. The lowest BCUT2D eigenvalue weighted by molar-refractivity contribution is -0.168. The highest BCUT2D eigenvalue weighted by atomic mass is 16.7. The van der Waals surface area contributed by atoms with Gasteiger partial charge in [-0.05, 0) is 13.8 Å². The number of hydrogen-bond donors (Lipinski definition) is 1. The predicted octanol–water partition coefficient (Wildman–Crippen LogP) is 2.74. The van der Waals surface area contributed by atoms with Crippen molar-refractivity contribution in [1.82, 2.24) is 0 Å². The molecule has 5 heteroatoms. The van der Waals surface area contributed by atoms with Gasteiger partial charge in [0, 0.05) is 19.6 Å². The van der Waals surface area contributed by atoms with E-state index in [9.17, 15) is 4.79 Å². The van der Waals surface area contributed by atoms with E-state index in [1.807, 2.05) is 27.7 Å². The van der Waals surface area contributed by atoms with Crippen LogP contribution in [0.3, 0.4) is 0 Å². The fourth-order valence-corrected chi connectivity index (χ4v) is 1.09. The van der Waals surface area contributed by atoms with Gasteiger partial charge in [0.25, 0.3) is 0 Å². The van der Waals surface area contributed by atoms with Gasteiger partial charge >= 0.3 is 6.16 Å². The number of methoxy groups -OCH3 is 1. The summed E-state index contributed by atoms with van der Waals surface area (Å²) in [6.45, 7) is 9.85. The summed E-state index contributed by atoms with van der Waals surface area (Å²) >= 11 is 0. The molecule has 0 saturated heterocycles. The smallest absolute Gasteiger partial charge is 0.450 e. The van der Waals surface area contributed by atoms with Crippen molar-refractivity contribution in [1.29, 1.82) is 0 Å². The lowest BCUT2D eigenvalue weighted by Crippen LogP contribution is -2.34. The Morgan fingerprint density at radius 1 is 1.31 bits per heavy atom. The summed E-state index contributed by atoms with van der Waals surface area (Å²) in [5.74, 6) is -0.143. The zero-order chi connectivity index (χ0) is 13.1. The van der Waals surface area contributed by atoms with Crippen LogP contribution in [0.1, 0.15) is 34.6 Å². The molecule has 16 heavy (non-hydrogen) atoms. The zero-order valence-electron chi connectivity index (χ0n) is 11.0. The maximum absolute atomic E-state index is 10.3. The van der Waals surface area contributed by atoms with E-state index in [1.165, 1.54) is 7.11 Å². The quantitative estimate of drug-likeness (QED) is 0.567. The third-order valence-corrected chi connectivity index (χ3v) is 2.02. The molecule has 3 unspecified atom stereocenters. The molecule has 0 radical (unpaired) electrons. The zero-order valence-corrected chi connectivity index (χ0v) is 11.0. The first-order valence-corrected chi connectivity index (χ1v) is 5.56. The van der Waals surface area contributed by atoms with Crippen LogP contribution < -0.4 is 0 Å². The van der Waals surface area contributed by atoms with Gasteiger partial charge in [-0.25, -0.2) is 4.79 Å². The minimum atomic E-state index is -1.28.